The summed E-state index contributed by atoms with van der Waals surface area (Å²) in [5.41, 5.74) is 5.98. The lowest BCUT2D eigenvalue weighted by Crippen LogP contribution is -2.27. The van der Waals surface area contributed by atoms with Gasteiger partial charge in [0.1, 0.15) is 5.60 Å². The third-order valence-electron chi connectivity index (χ3n) is 6.36. The first kappa shape index (κ1) is 22.5. The van der Waals surface area contributed by atoms with Gasteiger partial charge in [-0.3, -0.25) is 14.9 Å². The predicted octanol–water partition coefficient (Wildman–Crippen LogP) is 3.38. The topological polar surface area (TPSA) is 90.1 Å². The van der Waals surface area contributed by atoms with Gasteiger partial charge in [0, 0.05) is 30.8 Å². The number of hydrogen-bond acceptors (Lipinski definition) is 5. The van der Waals surface area contributed by atoms with E-state index in [4.69, 9.17) is 5.21 Å². The summed E-state index contributed by atoms with van der Waals surface area (Å²) < 4.78 is 1.86. The quantitative estimate of drug-likeness (QED) is 0.372. The molecule has 2 aromatic heterocycles. The third-order valence-corrected chi connectivity index (χ3v) is 6.36. The fraction of sp³-hybridized carbons (Fsp3) is 0.440. The summed E-state index contributed by atoms with van der Waals surface area (Å²) in [6.07, 6.45) is 5.93. The van der Waals surface area contributed by atoms with Crippen LogP contribution in [0, 0.1) is 0 Å². The van der Waals surface area contributed by atoms with Crippen LogP contribution in [0.2, 0.25) is 0 Å². The molecule has 1 aliphatic rings. The van der Waals surface area contributed by atoms with E-state index in [2.05, 4.69) is 40.3 Å². The lowest BCUT2D eigenvalue weighted by Gasteiger charge is -2.25. The molecule has 1 amide bonds. The van der Waals surface area contributed by atoms with E-state index in [9.17, 15) is 9.90 Å². The van der Waals surface area contributed by atoms with E-state index in [1.807, 2.05) is 22.8 Å². The van der Waals surface area contributed by atoms with E-state index in [1.54, 1.807) is 19.3 Å². The van der Waals surface area contributed by atoms with E-state index in [0.29, 0.717) is 12.5 Å². The molecule has 4 rings (SSSR count). The highest BCUT2D eigenvalue weighted by Crippen LogP contribution is 2.33. The number of pyridine rings is 1. The maximum absolute atomic E-state index is 11.3. The van der Waals surface area contributed by atoms with Gasteiger partial charge in [-0.15, -0.1) is 0 Å². The average Bonchev–Trinajstić information content (AvgIpc) is 3.40. The lowest BCUT2D eigenvalue weighted by atomic mass is 9.97. The van der Waals surface area contributed by atoms with Crippen molar-refractivity contribution in [2.45, 2.75) is 57.6 Å². The number of carbonyl (C=O) groups excluding carboxylic acids is 1. The van der Waals surface area contributed by atoms with E-state index >= 15 is 0 Å². The number of aromatic nitrogens is 2. The SMILES string of the molecule is CC(C)(O)c1nn2ccccc2c1CCN1CCC[C@@H]1c1ccc(CCC(=O)NO)cc1. The van der Waals surface area contributed by atoms with Crippen LogP contribution in [0.5, 0.6) is 0 Å². The third kappa shape index (κ3) is 4.85. The molecule has 7 heteroatoms. The predicted molar refractivity (Wildman–Crippen MR) is 122 cm³/mol. The van der Waals surface area contributed by atoms with Crippen molar-refractivity contribution in [2.75, 3.05) is 13.1 Å². The fourth-order valence-corrected chi connectivity index (χ4v) is 4.74. The molecule has 3 heterocycles. The second kappa shape index (κ2) is 9.40. The van der Waals surface area contributed by atoms with Gasteiger partial charge in [-0.25, -0.2) is 10.00 Å². The molecular weight excluding hydrogens is 404 g/mol. The number of amides is 1. The molecule has 1 aliphatic heterocycles. The Morgan fingerprint density at radius 1 is 1.19 bits per heavy atom. The average molecular weight is 437 g/mol. The van der Waals surface area contributed by atoms with Gasteiger partial charge >= 0.3 is 0 Å². The van der Waals surface area contributed by atoms with E-state index in [0.717, 1.165) is 54.7 Å². The molecule has 0 bridgehead atoms. The largest absolute Gasteiger partial charge is 0.384 e. The molecule has 7 nitrogen and oxygen atoms in total. The van der Waals surface area contributed by atoms with Crippen LogP contribution in [-0.4, -0.2) is 43.8 Å². The molecule has 1 atom stereocenters. The van der Waals surface area contributed by atoms with Crippen molar-refractivity contribution in [2.24, 2.45) is 0 Å². The zero-order valence-electron chi connectivity index (χ0n) is 18.8. The molecule has 0 aliphatic carbocycles. The van der Waals surface area contributed by atoms with E-state index < -0.39 is 5.60 Å². The second-order valence-electron chi connectivity index (χ2n) is 9.14. The number of hydroxylamine groups is 1. The number of hydrogen-bond donors (Lipinski definition) is 3. The monoisotopic (exact) mass is 436 g/mol. The Hall–Kier alpha value is -2.74. The highest BCUT2D eigenvalue weighted by molar-refractivity contribution is 5.74. The van der Waals surface area contributed by atoms with Crippen LogP contribution in [0.3, 0.4) is 0 Å². The molecule has 1 aromatic carbocycles. The molecular formula is C25H32N4O3. The maximum Gasteiger partial charge on any atom is 0.243 e. The van der Waals surface area contributed by atoms with Crippen molar-refractivity contribution in [1.29, 1.82) is 0 Å². The van der Waals surface area contributed by atoms with Crippen molar-refractivity contribution in [3.63, 3.8) is 0 Å². The summed E-state index contributed by atoms with van der Waals surface area (Å²) in [6, 6.07) is 14.9. The molecule has 0 spiro atoms. The number of aliphatic hydroxyl groups is 1. The van der Waals surface area contributed by atoms with Crippen molar-refractivity contribution in [3.05, 3.63) is 71.0 Å². The Balaban J connectivity index is 1.47. The lowest BCUT2D eigenvalue weighted by molar-refractivity contribution is -0.129. The van der Waals surface area contributed by atoms with Gasteiger partial charge in [-0.05, 0) is 69.3 Å². The van der Waals surface area contributed by atoms with Crippen LogP contribution < -0.4 is 5.48 Å². The fourth-order valence-electron chi connectivity index (χ4n) is 4.74. The van der Waals surface area contributed by atoms with Crippen LogP contribution in [0.4, 0.5) is 0 Å². The summed E-state index contributed by atoms with van der Waals surface area (Å²) in [5, 5.41) is 24.0. The highest BCUT2D eigenvalue weighted by atomic mass is 16.5. The zero-order chi connectivity index (χ0) is 22.7. The summed E-state index contributed by atoms with van der Waals surface area (Å²) in [6.45, 7) is 5.55. The molecule has 1 fully saturated rings. The van der Waals surface area contributed by atoms with Crippen LogP contribution in [-0.2, 0) is 23.2 Å². The van der Waals surface area contributed by atoms with Crippen molar-refractivity contribution in [3.8, 4) is 0 Å². The van der Waals surface area contributed by atoms with Gasteiger partial charge in [-0.1, -0.05) is 30.3 Å². The summed E-state index contributed by atoms with van der Waals surface area (Å²) in [4.78, 5) is 13.8. The molecule has 170 valence electrons. The van der Waals surface area contributed by atoms with Crippen molar-refractivity contribution < 1.29 is 15.1 Å². The second-order valence-corrected chi connectivity index (χ2v) is 9.14. The first-order valence-electron chi connectivity index (χ1n) is 11.3. The minimum atomic E-state index is -0.992. The number of nitrogens with one attached hydrogen (secondary N) is 1. The zero-order valence-corrected chi connectivity index (χ0v) is 18.8. The smallest absolute Gasteiger partial charge is 0.243 e. The Labute approximate surface area is 188 Å². The van der Waals surface area contributed by atoms with Crippen LogP contribution >= 0.6 is 0 Å². The number of likely N-dealkylation sites (tertiary alicyclic amines) is 1. The molecule has 32 heavy (non-hydrogen) atoms. The molecule has 3 aromatic rings. The summed E-state index contributed by atoms with van der Waals surface area (Å²) >= 11 is 0. The minimum absolute atomic E-state index is 0.272. The van der Waals surface area contributed by atoms with Gasteiger partial charge in [-0.2, -0.15) is 5.10 Å². The first-order valence-corrected chi connectivity index (χ1v) is 11.3. The normalized spacial score (nSPS) is 17.2. The van der Waals surface area contributed by atoms with Crippen molar-refractivity contribution in [1.82, 2.24) is 20.0 Å². The Morgan fingerprint density at radius 2 is 1.97 bits per heavy atom. The summed E-state index contributed by atoms with van der Waals surface area (Å²) in [5.74, 6) is -0.367. The van der Waals surface area contributed by atoms with Gasteiger partial charge in [0.15, 0.2) is 0 Å². The highest BCUT2D eigenvalue weighted by Gasteiger charge is 2.29. The number of nitrogens with zero attached hydrogens (tertiary/aromatic N) is 3. The maximum atomic E-state index is 11.3. The standard InChI is InChI=1S/C25H32N4O3/c1-25(2,31)24-20(22-6-3-4-16-29(22)26-24)14-17-28-15-5-7-21(28)19-11-8-18(9-12-19)10-13-23(30)27-32/h3-4,6,8-9,11-12,16,21,31-32H,5,7,10,13-15,17H2,1-2H3,(H,27,30)/t21-/m1/s1. The number of carbonyl (C=O) groups is 1. The van der Waals surface area contributed by atoms with E-state index in [1.165, 1.54) is 5.56 Å². The number of fused-ring (bicyclic) bond motifs is 1. The number of rotatable bonds is 8. The minimum Gasteiger partial charge on any atom is -0.384 e. The van der Waals surface area contributed by atoms with Gasteiger partial charge < -0.3 is 5.11 Å². The molecule has 3 N–H and O–H groups in total. The van der Waals surface area contributed by atoms with Crippen LogP contribution in [0.25, 0.3) is 5.52 Å². The Bertz CT molecular complexity index is 1070. The first-order chi connectivity index (χ1) is 15.4. The van der Waals surface area contributed by atoms with E-state index in [-0.39, 0.29) is 12.3 Å². The van der Waals surface area contributed by atoms with Gasteiger partial charge in [0.25, 0.3) is 0 Å². The number of aryl methyl sites for hydroxylation is 1. The Kier molecular flexibility index (Phi) is 6.60. The van der Waals surface area contributed by atoms with Crippen LogP contribution in [0.1, 0.15) is 61.5 Å². The van der Waals surface area contributed by atoms with Gasteiger partial charge in [0.05, 0.1) is 11.2 Å². The molecule has 0 saturated carbocycles. The Morgan fingerprint density at radius 3 is 2.69 bits per heavy atom. The number of benzene rings is 1. The molecule has 0 radical (unpaired) electrons. The van der Waals surface area contributed by atoms with Crippen molar-refractivity contribution >= 4 is 11.4 Å². The van der Waals surface area contributed by atoms with Crippen LogP contribution in [0.15, 0.2) is 48.7 Å². The summed E-state index contributed by atoms with van der Waals surface area (Å²) in [7, 11) is 0. The molecule has 0 unspecified atom stereocenters. The van der Waals surface area contributed by atoms with Gasteiger partial charge in [0.2, 0.25) is 5.91 Å². The molecule has 1 saturated heterocycles.